The maximum atomic E-state index is 0. The van der Waals surface area contributed by atoms with Crippen LogP contribution in [0.1, 0.15) is 0 Å². The van der Waals surface area contributed by atoms with Crippen molar-refractivity contribution in [3.63, 3.8) is 0 Å². The second kappa shape index (κ2) is 238. The molecule has 0 rings (SSSR count). The van der Waals surface area contributed by atoms with Crippen LogP contribution in [-0.4, -0.2) is 21.9 Å². The molecule has 5 heteroatoms. The van der Waals surface area contributed by atoms with E-state index in [9.17, 15) is 0 Å². The zero-order valence-electron chi connectivity index (χ0n) is 2.25. The largest absolute Gasteiger partial charge is 2.00 e. The third-order valence-electron chi connectivity index (χ3n) is 0. The van der Waals surface area contributed by atoms with Gasteiger partial charge in [0.2, 0.25) is 0 Å². The Hall–Kier alpha value is 0.476. The summed E-state index contributed by atoms with van der Waals surface area (Å²) in [7, 11) is 0. The van der Waals surface area contributed by atoms with Crippen LogP contribution in [0.5, 0.6) is 0 Å². The van der Waals surface area contributed by atoms with Crippen LogP contribution in [0.15, 0.2) is 0 Å². The van der Waals surface area contributed by atoms with Crippen molar-refractivity contribution in [2.24, 2.45) is 0 Å². The van der Waals surface area contributed by atoms with Crippen LogP contribution in [0, 0.1) is 0 Å². The first-order chi connectivity index (χ1) is 0. The molecule has 0 aliphatic heterocycles. The van der Waals surface area contributed by atoms with Gasteiger partial charge < -0.3 is 21.9 Å². The van der Waals surface area contributed by atoms with E-state index in [-0.39, 0.29) is 41.7 Å². The molecule has 0 aliphatic rings. The third kappa shape index (κ3) is 121. The summed E-state index contributed by atoms with van der Waals surface area (Å²) in [6.45, 7) is 0. The molecule has 0 saturated carbocycles. The fourth-order valence-electron chi connectivity index (χ4n) is 0. The molecule has 38 valence electrons. The van der Waals surface area contributed by atoms with Gasteiger partial charge in [0, 0.05) is 0 Å². The molecule has 0 aliphatic carbocycles. The van der Waals surface area contributed by atoms with E-state index in [0.717, 1.165) is 0 Å². The Morgan fingerprint density at radius 1 is 0.600 bits per heavy atom. The summed E-state index contributed by atoms with van der Waals surface area (Å²) in [5.74, 6) is 0. The summed E-state index contributed by atoms with van der Waals surface area (Å²) in [5, 5.41) is 0. The molecule has 0 unspecified atom stereocenters. The minimum absolute atomic E-state index is 0. The zero-order chi connectivity index (χ0) is 0. The van der Waals surface area contributed by atoms with Crippen molar-refractivity contribution < 1.29 is 41.7 Å². The van der Waals surface area contributed by atoms with E-state index in [1.54, 1.807) is 0 Å². The van der Waals surface area contributed by atoms with Gasteiger partial charge in [0.05, 0.1) is 0 Å². The SMILES string of the molecule is O.O.[OH-].[OH-].[Os+2]. The third-order valence-corrected chi connectivity index (χ3v) is 0. The van der Waals surface area contributed by atoms with Crippen molar-refractivity contribution in [3.05, 3.63) is 0 Å². The summed E-state index contributed by atoms with van der Waals surface area (Å²) in [6, 6.07) is 0. The molecule has 0 amide bonds. The molecular formula is H6O4Os. The minimum atomic E-state index is 0. The van der Waals surface area contributed by atoms with E-state index in [4.69, 9.17) is 0 Å². The second-order valence-electron chi connectivity index (χ2n) is 0. The number of rotatable bonds is 0. The first-order valence-electron chi connectivity index (χ1n) is 0. The van der Waals surface area contributed by atoms with Crippen LogP contribution in [0.3, 0.4) is 0 Å². The predicted octanol–water partition coefficient (Wildman–Crippen LogP) is -2.01. The minimum Gasteiger partial charge on any atom is -0.870 e. The Balaban J connectivity index is 0. The summed E-state index contributed by atoms with van der Waals surface area (Å²) in [6.07, 6.45) is 0. The zero-order valence-corrected chi connectivity index (χ0v) is 4.79. The molecule has 0 aromatic rings. The van der Waals surface area contributed by atoms with Gasteiger partial charge in [-0.1, -0.05) is 0 Å². The van der Waals surface area contributed by atoms with Crippen molar-refractivity contribution >= 4 is 0 Å². The van der Waals surface area contributed by atoms with Gasteiger partial charge >= 0.3 is 19.8 Å². The number of hydrogen-bond donors (Lipinski definition) is 0. The predicted molar refractivity (Wildman–Crippen MR) is 11.1 cm³/mol. The maximum absolute atomic E-state index is 0. The van der Waals surface area contributed by atoms with Crippen molar-refractivity contribution in [2.75, 3.05) is 0 Å². The Labute approximate surface area is 42.5 Å². The van der Waals surface area contributed by atoms with Crippen LogP contribution in [0.25, 0.3) is 0 Å². The summed E-state index contributed by atoms with van der Waals surface area (Å²) < 4.78 is 0. The van der Waals surface area contributed by atoms with Crippen LogP contribution in [0.4, 0.5) is 0 Å². The Kier molecular flexibility index (Phi) is 23100. The van der Waals surface area contributed by atoms with Gasteiger partial charge in [-0.2, -0.15) is 0 Å². The van der Waals surface area contributed by atoms with Crippen LogP contribution < -0.4 is 0 Å². The quantitative estimate of drug-likeness (QED) is 0.499. The molecule has 0 heterocycles. The summed E-state index contributed by atoms with van der Waals surface area (Å²) in [5.41, 5.74) is 0. The van der Waals surface area contributed by atoms with Crippen LogP contribution in [-0.2, 0) is 19.8 Å². The van der Waals surface area contributed by atoms with Crippen LogP contribution >= 0.6 is 0 Å². The van der Waals surface area contributed by atoms with Gasteiger partial charge in [-0.05, 0) is 0 Å². The average molecular weight is 260 g/mol. The Morgan fingerprint density at radius 2 is 0.600 bits per heavy atom. The molecule has 0 bridgehead atoms. The van der Waals surface area contributed by atoms with Gasteiger partial charge in [-0.15, -0.1) is 0 Å². The van der Waals surface area contributed by atoms with Crippen molar-refractivity contribution in [1.29, 1.82) is 0 Å². The van der Waals surface area contributed by atoms with Gasteiger partial charge in [0.25, 0.3) is 0 Å². The molecule has 0 atom stereocenters. The molecule has 0 aromatic heterocycles. The molecule has 0 aromatic carbocycles. The van der Waals surface area contributed by atoms with Crippen molar-refractivity contribution in [2.45, 2.75) is 0 Å². The maximum Gasteiger partial charge on any atom is 2.00 e. The molecule has 0 spiro atoms. The normalized spacial score (nSPS) is 0. The van der Waals surface area contributed by atoms with E-state index in [2.05, 4.69) is 0 Å². The standard InChI is InChI=1S/4H2O.Os/h4*1H2;/q;;;;+2/p-2. The smallest absolute Gasteiger partial charge is 0.870 e. The Bertz CT molecular complexity index is 3.61. The molecule has 0 saturated heterocycles. The van der Waals surface area contributed by atoms with Crippen molar-refractivity contribution in [1.82, 2.24) is 0 Å². The molecule has 0 radical (unpaired) electrons. The number of hydrogen-bond acceptors (Lipinski definition) is 2. The van der Waals surface area contributed by atoms with E-state index in [0.29, 0.717) is 0 Å². The Morgan fingerprint density at radius 3 is 0.600 bits per heavy atom. The molecule has 5 heavy (non-hydrogen) atoms. The van der Waals surface area contributed by atoms with E-state index in [1.165, 1.54) is 0 Å². The van der Waals surface area contributed by atoms with Crippen molar-refractivity contribution in [3.8, 4) is 0 Å². The molecule has 0 fully saturated rings. The first-order valence-corrected chi connectivity index (χ1v) is 0. The summed E-state index contributed by atoms with van der Waals surface area (Å²) >= 11 is 0. The van der Waals surface area contributed by atoms with Gasteiger partial charge in [0.15, 0.2) is 0 Å². The monoisotopic (exact) mass is 262 g/mol. The van der Waals surface area contributed by atoms with E-state index < -0.39 is 0 Å². The topological polar surface area (TPSA) is 123 Å². The van der Waals surface area contributed by atoms with Gasteiger partial charge in [-0.25, -0.2) is 0 Å². The first kappa shape index (κ1) is 484. The molecule has 6 N–H and O–H groups in total. The second-order valence-corrected chi connectivity index (χ2v) is 0. The van der Waals surface area contributed by atoms with Gasteiger partial charge in [-0.3, -0.25) is 0 Å². The fraction of sp³-hybridized carbons (Fsp3) is 0. The fourth-order valence-corrected chi connectivity index (χ4v) is 0. The molecule has 4 nitrogen and oxygen atoms in total. The average Bonchev–Trinajstić information content (AvgIpc) is 0. The molecular weight excluding hydrogens is 254 g/mol. The van der Waals surface area contributed by atoms with E-state index >= 15 is 0 Å². The summed E-state index contributed by atoms with van der Waals surface area (Å²) in [4.78, 5) is 0. The van der Waals surface area contributed by atoms with E-state index in [1.807, 2.05) is 0 Å². The van der Waals surface area contributed by atoms with Crippen LogP contribution in [0.2, 0.25) is 0 Å². The van der Waals surface area contributed by atoms with Gasteiger partial charge in [0.1, 0.15) is 0 Å².